The number of rotatable bonds is 8. The molecule has 0 aliphatic heterocycles. The highest BCUT2D eigenvalue weighted by Crippen LogP contribution is 2.42. The quantitative estimate of drug-likeness (QED) is 0.147. The van der Waals surface area contributed by atoms with Crippen molar-refractivity contribution in [2.75, 3.05) is 0 Å². The number of carbonyl (C=O) groups is 3. The van der Waals surface area contributed by atoms with Crippen LogP contribution in [0.4, 0.5) is 0 Å². The molecule has 5 aromatic rings. The molecule has 0 unspecified atom stereocenters. The Labute approximate surface area is 240 Å². The van der Waals surface area contributed by atoms with Crippen LogP contribution in [0.15, 0.2) is 121 Å². The van der Waals surface area contributed by atoms with Crippen molar-refractivity contribution in [2.24, 2.45) is 0 Å². The van der Waals surface area contributed by atoms with Crippen molar-refractivity contribution in [3.63, 3.8) is 0 Å². The standard InChI is InChI=1S/C37H31NO3/c39-35(27-18-8-2-9-19-27)31-32(36(40)28-20-10-3-11-21-28)34(37(41)29-22-12-4-13-23-29)38(30-24-14-5-15-25-30)33(31)26-16-6-1-7-17-26/h1-4,6-13,16-23,30H,5,14-15,24-25H2/i37+1. The number of carbonyl (C=O) groups excluding carboxylic acids is 3. The average molecular weight is 539 g/mol. The Bertz CT molecular complexity index is 1680. The van der Waals surface area contributed by atoms with Crippen molar-refractivity contribution in [1.29, 1.82) is 0 Å². The van der Waals surface area contributed by atoms with Gasteiger partial charge in [-0.1, -0.05) is 141 Å². The van der Waals surface area contributed by atoms with Gasteiger partial charge >= 0.3 is 0 Å². The molecule has 0 atom stereocenters. The SMILES string of the molecule is O=C(c1ccccc1)c1c(C(=O)c2ccccc2)c([13C](=O)c2ccccc2)n(C2CCCCC2)c1-c1ccccc1. The van der Waals surface area contributed by atoms with E-state index in [4.69, 9.17) is 0 Å². The van der Waals surface area contributed by atoms with Gasteiger partial charge in [-0.3, -0.25) is 14.4 Å². The van der Waals surface area contributed by atoms with Crippen LogP contribution in [0, 0.1) is 0 Å². The molecular weight excluding hydrogens is 507 g/mol. The fourth-order valence-corrected chi connectivity index (χ4v) is 6.03. The molecule has 1 saturated carbocycles. The summed E-state index contributed by atoms with van der Waals surface area (Å²) < 4.78 is 2.05. The first-order valence-corrected chi connectivity index (χ1v) is 14.3. The number of aromatic nitrogens is 1. The van der Waals surface area contributed by atoms with Crippen molar-refractivity contribution in [3.05, 3.63) is 155 Å². The molecular formula is C37H31NO3. The summed E-state index contributed by atoms with van der Waals surface area (Å²) in [6, 6.07) is 36.8. The van der Waals surface area contributed by atoms with Gasteiger partial charge in [0.25, 0.3) is 0 Å². The Morgan fingerprint density at radius 2 is 0.902 bits per heavy atom. The van der Waals surface area contributed by atoms with Gasteiger partial charge in [0, 0.05) is 22.7 Å². The summed E-state index contributed by atoms with van der Waals surface area (Å²) in [5, 5.41) is 0. The van der Waals surface area contributed by atoms with E-state index in [1.54, 1.807) is 48.5 Å². The van der Waals surface area contributed by atoms with E-state index in [9.17, 15) is 14.4 Å². The van der Waals surface area contributed by atoms with E-state index in [2.05, 4.69) is 4.57 Å². The van der Waals surface area contributed by atoms with Crippen molar-refractivity contribution < 1.29 is 14.4 Å². The Balaban J connectivity index is 1.75. The summed E-state index contributed by atoms with van der Waals surface area (Å²) in [6.07, 6.45) is 4.94. The summed E-state index contributed by atoms with van der Waals surface area (Å²) in [5.74, 6) is -0.837. The lowest BCUT2D eigenvalue weighted by Crippen LogP contribution is -2.21. The van der Waals surface area contributed by atoms with Crippen LogP contribution in [-0.2, 0) is 0 Å². The monoisotopic (exact) mass is 538 g/mol. The molecule has 41 heavy (non-hydrogen) atoms. The lowest BCUT2D eigenvalue weighted by molar-refractivity contribution is 0.0988. The molecule has 0 N–H and O–H groups in total. The number of ketones is 3. The third kappa shape index (κ3) is 5.09. The van der Waals surface area contributed by atoms with Crippen LogP contribution in [0.25, 0.3) is 11.3 Å². The van der Waals surface area contributed by atoms with Gasteiger partial charge in [0.1, 0.15) is 5.69 Å². The first-order chi connectivity index (χ1) is 20.1. The topological polar surface area (TPSA) is 56.1 Å². The van der Waals surface area contributed by atoms with Gasteiger partial charge in [0.2, 0.25) is 5.78 Å². The Hall–Kier alpha value is -4.83. The molecule has 1 aliphatic rings. The minimum Gasteiger partial charge on any atom is -0.333 e. The lowest BCUT2D eigenvalue weighted by atomic mass is 9.92. The van der Waals surface area contributed by atoms with Gasteiger partial charge in [0.15, 0.2) is 11.6 Å². The fourth-order valence-electron chi connectivity index (χ4n) is 6.03. The van der Waals surface area contributed by atoms with E-state index in [0.717, 1.165) is 37.7 Å². The minimum atomic E-state index is -0.323. The zero-order chi connectivity index (χ0) is 28.2. The molecule has 6 rings (SSSR count). The smallest absolute Gasteiger partial charge is 0.210 e. The lowest BCUT2D eigenvalue weighted by Gasteiger charge is -2.28. The molecule has 1 fully saturated rings. The number of benzene rings is 4. The van der Waals surface area contributed by atoms with E-state index in [0.29, 0.717) is 33.6 Å². The molecule has 1 aliphatic carbocycles. The molecule has 0 bridgehead atoms. The maximum Gasteiger partial charge on any atom is 0.210 e. The second-order valence-electron chi connectivity index (χ2n) is 10.6. The first kappa shape index (κ1) is 26.4. The Kier molecular flexibility index (Phi) is 7.55. The van der Waals surface area contributed by atoms with E-state index in [1.165, 1.54) is 0 Å². The zero-order valence-corrected chi connectivity index (χ0v) is 22.8. The summed E-state index contributed by atoms with van der Waals surface area (Å²) in [7, 11) is 0. The minimum absolute atomic E-state index is 0.0127. The van der Waals surface area contributed by atoms with Crippen LogP contribution in [0.1, 0.15) is 86.0 Å². The third-order valence-corrected chi connectivity index (χ3v) is 7.97. The van der Waals surface area contributed by atoms with Gasteiger partial charge in [-0.15, -0.1) is 0 Å². The molecule has 0 saturated heterocycles. The van der Waals surface area contributed by atoms with Crippen LogP contribution in [0.2, 0.25) is 0 Å². The molecule has 202 valence electrons. The Morgan fingerprint density at radius 3 is 1.39 bits per heavy atom. The predicted molar refractivity (Wildman–Crippen MR) is 162 cm³/mol. The first-order valence-electron chi connectivity index (χ1n) is 14.3. The highest BCUT2D eigenvalue weighted by Gasteiger charge is 2.38. The molecule has 0 spiro atoms. The molecule has 4 nitrogen and oxygen atoms in total. The van der Waals surface area contributed by atoms with Gasteiger partial charge in [-0.25, -0.2) is 0 Å². The van der Waals surface area contributed by atoms with Crippen molar-refractivity contribution in [3.8, 4) is 11.3 Å². The molecule has 1 aromatic heterocycles. The number of hydrogen-bond acceptors (Lipinski definition) is 3. The second kappa shape index (κ2) is 11.7. The maximum absolute atomic E-state index is 14.5. The van der Waals surface area contributed by atoms with E-state index < -0.39 is 0 Å². The van der Waals surface area contributed by atoms with Crippen molar-refractivity contribution in [2.45, 2.75) is 38.1 Å². The number of nitrogens with zero attached hydrogens (tertiary/aromatic N) is 1. The predicted octanol–water partition coefficient (Wildman–Crippen LogP) is 8.35. The molecule has 4 aromatic carbocycles. The highest BCUT2D eigenvalue weighted by molar-refractivity contribution is 6.27. The summed E-state index contributed by atoms with van der Waals surface area (Å²) in [4.78, 5) is 43.6. The largest absolute Gasteiger partial charge is 0.333 e. The number of hydrogen-bond donors (Lipinski definition) is 0. The molecule has 4 heteroatoms. The third-order valence-electron chi connectivity index (χ3n) is 7.97. The van der Waals surface area contributed by atoms with Crippen molar-refractivity contribution >= 4 is 17.3 Å². The fraction of sp³-hybridized carbons (Fsp3) is 0.162. The van der Waals surface area contributed by atoms with Crippen LogP contribution < -0.4 is 0 Å². The molecule has 0 amide bonds. The molecule has 0 radical (unpaired) electrons. The average Bonchev–Trinajstić information content (AvgIpc) is 3.42. The molecule has 1 heterocycles. The van der Waals surface area contributed by atoms with Crippen LogP contribution >= 0.6 is 0 Å². The summed E-state index contributed by atoms with van der Waals surface area (Å²) in [6.45, 7) is 0. The highest BCUT2D eigenvalue weighted by atomic mass is 16.2. The van der Waals surface area contributed by atoms with E-state index >= 15 is 0 Å². The van der Waals surface area contributed by atoms with Crippen LogP contribution in [0.5, 0.6) is 0 Å². The normalized spacial score (nSPS) is 13.6. The summed E-state index contributed by atoms with van der Waals surface area (Å²) in [5.41, 5.74) is 3.64. The van der Waals surface area contributed by atoms with Gasteiger partial charge < -0.3 is 4.57 Å². The zero-order valence-electron chi connectivity index (χ0n) is 22.8. The van der Waals surface area contributed by atoms with Crippen LogP contribution in [-0.4, -0.2) is 21.9 Å². The second-order valence-corrected chi connectivity index (χ2v) is 10.6. The maximum atomic E-state index is 14.5. The van der Waals surface area contributed by atoms with E-state index in [1.807, 2.05) is 72.8 Å². The van der Waals surface area contributed by atoms with Gasteiger partial charge in [-0.2, -0.15) is 0 Å². The Morgan fingerprint density at radius 1 is 0.488 bits per heavy atom. The van der Waals surface area contributed by atoms with Crippen LogP contribution in [0.3, 0.4) is 0 Å². The van der Waals surface area contributed by atoms with Crippen molar-refractivity contribution in [1.82, 2.24) is 4.57 Å². The summed E-state index contributed by atoms with van der Waals surface area (Å²) >= 11 is 0. The van der Waals surface area contributed by atoms with Gasteiger partial charge in [0.05, 0.1) is 16.8 Å². The van der Waals surface area contributed by atoms with E-state index in [-0.39, 0.29) is 29.0 Å². The van der Waals surface area contributed by atoms with Gasteiger partial charge in [-0.05, 0) is 18.4 Å².